The van der Waals surface area contributed by atoms with E-state index in [4.69, 9.17) is 0 Å². The quantitative estimate of drug-likeness (QED) is 0.149. The molecule has 2 aromatic rings. The van der Waals surface area contributed by atoms with Crippen LogP contribution in [0.2, 0.25) is 0 Å². The fourth-order valence-corrected chi connectivity index (χ4v) is 3.90. The summed E-state index contributed by atoms with van der Waals surface area (Å²) in [5.74, 6) is 0.544. The minimum Gasteiger partial charge on any atom is -0.385 e. The van der Waals surface area contributed by atoms with E-state index >= 15 is 0 Å². The van der Waals surface area contributed by atoms with E-state index < -0.39 is 0 Å². The van der Waals surface area contributed by atoms with Crippen molar-refractivity contribution in [3.05, 3.63) is 59.7 Å². The number of anilines is 2. The summed E-state index contributed by atoms with van der Waals surface area (Å²) in [6.45, 7) is 17.8. The molecule has 0 unspecified atom stereocenters. The average molecular weight is 521 g/mol. The largest absolute Gasteiger partial charge is 0.385 e. The van der Waals surface area contributed by atoms with E-state index in [9.17, 15) is 4.79 Å². The van der Waals surface area contributed by atoms with E-state index in [1.165, 1.54) is 18.4 Å². The molecule has 0 aromatic heterocycles. The zero-order valence-electron chi connectivity index (χ0n) is 24.9. The number of hydrogen-bond acceptors (Lipinski definition) is 5. The van der Waals surface area contributed by atoms with Gasteiger partial charge in [-0.3, -0.25) is 9.79 Å². The van der Waals surface area contributed by atoms with Gasteiger partial charge in [-0.1, -0.05) is 77.8 Å². The molecule has 1 fully saturated rings. The molecular weight excluding hydrogens is 468 g/mol. The molecular formula is C33H52N4O. The van der Waals surface area contributed by atoms with Crippen LogP contribution in [0.1, 0.15) is 84.3 Å². The molecule has 38 heavy (non-hydrogen) atoms. The number of hydrogen-bond donors (Lipinski definition) is 2. The lowest BCUT2D eigenvalue weighted by molar-refractivity contribution is -0.120. The Balaban J connectivity index is 0.00000135. The fraction of sp³-hybridized carbons (Fsp3) is 0.515. The fourth-order valence-electron chi connectivity index (χ4n) is 3.90. The van der Waals surface area contributed by atoms with Gasteiger partial charge in [0, 0.05) is 38.3 Å². The minimum absolute atomic E-state index is 0.269. The van der Waals surface area contributed by atoms with Gasteiger partial charge in [0.25, 0.3) is 0 Å². The maximum absolute atomic E-state index is 12.0. The zero-order chi connectivity index (χ0) is 28.2. The predicted molar refractivity (Wildman–Crippen MR) is 169 cm³/mol. The van der Waals surface area contributed by atoms with Crippen molar-refractivity contribution < 1.29 is 4.79 Å². The Bertz CT molecular complexity index is 948. The first-order chi connectivity index (χ1) is 18.5. The van der Waals surface area contributed by atoms with E-state index in [1.54, 1.807) is 6.08 Å². The van der Waals surface area contributed by atoms with Crippen molar-refractivity contribution in [1.82, 2.24) is 5.32 Å². The average Bonchev–Trinajstić information content (AvgIpc) is 2.91. The number of rotatable bonds is 14. The van der Waals surface area contributed by atoms with Gasteiger partial charge in [-0.15, -0.1) is 0 Å². The molecule has 0 bridgehead atoms. The molecule has 0 saturated heterocycles. The lowest BCUT2D eigenvalue weighted by Gasteiger charge is -2.22. The van der Waals surface area contributed by atoms with Crippen LogP contribution < -0.4 is 15.5 Å². The maximum atomic E-state index is 12.0. The molecule has 210 valence electrons. The SMILES string of the molecule is C=Nc1cc(NCCC)ccc1N(C)CCCNCc1ccc(/C=C/C(=O)C2CCC2)cc1.CC.CCC. The van der Waals surface area contributed by atoms with Crippen molar-refractivity contribution >= 4 is 35.6 Å². The minimum atomic E-state index is 0.269. The van der Waals surface area contributed by atoms with Crippen molar-refractivity contribution in [2.75, 3.05) is 36.9 Å². The zero-order valence-corrected chi connectivity index (χ0v) is 24.9. The Morgan fingerprint density at radius 2 is 1.76 bits per heavy atom. The van der Waals surface area contributed by atoms with Gasteiger partial charge in [0.2, 0.25) is 0 Å². The number of allylic oxidation sites excluding steroid dienone is 1. The highest BCUT2D eigenvalue weighted by Crippen LogP contribution is 2.31. The van der Waals surface area contributed by atoms with Gasteiger partial charge >= 0.3 is 0 Å². The topological polar surface area (TPSA) is 56.7 Å². The van der Waals surface area contributed by atoms with Gasteiger partial charge in [-0.25, -0.2) is 0 Å². The molecule has 5 nitrogen and oxygen atoms in total. The summed E-state index contributed by atoms with van der Waals surface area (Å²) in [6, 6.07) is 14.7. The molecule has 0 heterocycles. The van der Waals surface area contributed by atoms with E-state index in [-0.39, 0.29) is 11.7 Å². The van der Waals surface area contributed by atoms with Gasteiger partial charge in [0.15, 0.2) is 5.78 Å². The number of carbonyl (C=O) groups is 1. The molecule has 1 aliphatic carbocycles. The smallest absolute Gasteiger partial charge is 0.158 e. The second-order valence-electron chi connectivity index (χ2n) is 9.55. The van der Waals surface area contributed by atoms with Crippen LogP contribution in [0.4, 0.5) is 17.1 Å². The molecule has 0 spiro atoms. The van der Waals surface area contributed by atoms with Crippen LogP contribution in [-0.2, 0) is 11.3 Å². The van der Waals surface area contributed by atoms with Gasteiger partial charge in [-0.2, -0.15) is 0 Å². The Kier molecular flexibility index (Phi) is 17.5. The van der Waals surface area contributed by atoms with Crippen LogP contribution in [0.5, 0.6) is 0 Å². The van der Waals surface area contributed by atoms with Crippen molar-refractivity contribution in [2.45, 2.75) is 79.7 Å². The van der Waals surface area contributed by atoms with Crippen LogP contribution in [0.15, 0.2) is 53.5 Å². The Morgan fingerprint density at radius 3 is 2.34 bits per heavy atom. The van der Waals surface area contributed by atoms with E-state index in [0.29, 0.717) is 0 Å². The second-order valence-corrected chi connectivity index (χ2v) is 9.55. The first kappa shape index (κ1) is 33.1. The van der Waals surface area contributed by atoms with Gasteiger partial charge < -0.3 is 15.5 Å². The standard InChI is InChI=1S/C28H38N4O.C3H8.C2H6/c1-4-17-31-25-14-15-27(26(20-25)29-2)32(3)19-6-18-30-21-23-11-9-22(10-12-23)13-16-28(33)24-7-5-8-24;1-3-2;1-2/h9-16,20,24,30-31H,2,4-8,17-19,21H2,1,3H3;3H2,1-2H3;1-2H3/b16-13+;;. The highest BCUT2D eigenvalue weighted by atomic mass is 16.1. The summed E-state index contributed by atoms with van der Waals surface area (Å²) in [5.41, 5.74) is 5.43. The molecule has 0 aliphatic heterocycles. The van der Waals surface area contributed by atoms with Crippen molar-refractivity contribution in [2.24, 2.45) is 10.9 Å². The Hall–Kier alpha value is -2.92. The van der Waals surface area contributed by atoms with Gasteiger partial charge in [0.1, 0.15) is 0 Å². The summed E-state index contributed by atoms with van der Waals surface area (Å²) in [6.07, 6.45) is 10.4. The first-order valence-electron chi connectivity index (χ1n) is 14.6. The van der Waals surface area contributed by atoms with E-state index in [1.807, 2.05) is 19.9 Å². The monoisotopic (exact) mass is 520 g/mol. The Morgan fingerprint density at radius 1 is 1.08 bits per heavy atom. The molecule has 2 aromatic carbocycles. The van der Waals surface area contributed by atoms with E-state index in [2.05, 4.69) is 97.5 Å². The van der Waals surface area contributed by atoms with Crippen molar-refractivity contribution in [3.63, 3.8) is 0 Å². The highest BCUT2D eigenvalue weighted by Gasteiger charge is 2.22. The van der Waals surface area contributed by atoms with Gasteiger partial charge in [-0.05, 0) is 74.3 Å². The van der Waals surface area contributed by atoms with Gasteiger partial charge in [0.05, 0.1) is 11.4 Å². The van der Waals surface area contributed by atoms with Crippen LogP contribution in [0.25, 0.3) is 6.08 Å². The molecule has 1 saturated carbocycles. The lowest BCUT2D eigenvalue weighted by atomic mass is 9.82. The molecule has 1 aliphatic rings. The molecule has 5 heteroatoms. The van der Waals surface area contributed by atoms with Crippen molar-refractivity contribution in [1.29, 1.82) is 0 Å². The second kappa shape index (κ2) is 20.1. The number of carbonyl (C=O) groups excluding carboxylic acids is 1. The van der Waals surface area contributed by atoms with Crippen LogP contribution >= 0.6 is 0 Å². The number of nitrogens with one attached hydrogen (secondary N) is 2. The molecule has 0 radical (unpaired) electrons. The Labute approximate surface area is 232 Å². The highest BCUT2D eigenvalue weighted by molar-refractivity contribution is 5.95. The third-order valence-electron chi connectivity index (χ3n) is 6.24. The lowest BCUT2D eigenvalue weighted by Crippen LogP contribution is -2.23. The summed E-state index contributed by atoms with van der Waals surface area (Å²) in [7, 11) is 2.10. The third-order valence-corrected chi connectivity index (χ3v) is 6.24. The summed E-state index contributed by atoms with van der Waals surface area (Å²) < 4.78 is 0. The van der Waals surface area contributed by atoms with Crippen LogP contribution in [0.3, 0.4) is 0 Å². The first-order valence-corrected chi connectivity index (χ1v) is 14.6. The molecule has 0 amide bonds. The molecule has 3 rings (SSSR count). The van der Waals surface area contributed by atoms with Crippen LogP contribution in [0, 0.1) is 5.92 Å². The number of nitrogens with zero attached hydrogens (tertiary/aromatic N) is 2. The number of aliphatic imine (C=N–C) groups is 1. The summed E-state index contributed by atoms with van der Waals surface area (Å²) in [5, 5.41) is 6.92. The normalized spacial score (nSPS) is 12.5. The maximum Gasteiger partial charge on any atom is 0.158 e. The summed E-state index contributed by atoms with van der Waals surface area (Å²) >= 11 is 0. The van der Waals surface area contributed by atoms with Crippen molar-refractivity contribution in [3.8, 4) is 0 Å². The third kappa shape index (κ3) is 12.1. The number of benzene rings is 2. The predicted octanol–water partition coefficient (Wildman–Crippen LogP) is 8.28. The molecule has 0 atom stereocenters. The van der Waals surface area contributed by atoms with Crippen LogP contribution in [-0.4, -0.2) is 39.2 Å². The number of ketones is 1. The van der Waals surface area contributed by atoms with E-state index in [0.717, 1.165) is 74.5 Å². The molecule has 2 N–H and O–H groups in total. The summed E-state index contributed by atoms with van der Waals surface area (Å²) in [4.78, 5) is 18.4.